The number of para-hydroxylation sites is 2. The van der Waals surface area contributed by atoms with Crippen LogP contribution in [-0.4, -0.2) is 55.9 Å². The lowest BCUT2D eigenvalue weighted by atomic mass is 10.3. The number of nitrogens with zero attached hydrogens (tertiary/aromatic N) is 2. The second kappa shape index (κ2) is 10.2. The number of anilines is 2. The van der Waals surface area contributed by atoms with Gasteiger partial charge in [-0.15, -0.1) is 0 Å². The molecular formula is C18H24N4O5. The van der Waals surface area contributed by atoms with Crippen LogP contribution in [0.25, 0.3) is 0 Å². The monoisotopic (exact) mass is 376 g/mol. The average Bonchev–Trinajstić information content (AvgIpc) is 3.06. The molecule has 0 atom stereocenters. The van der Waals surface area contributed by atoms with E-state index in [0.29, 0.717) is 42.6 Å². The zero-order chi connectivity index (χ0) is 19.6. The van der Waals surface area contributed by atoms with Gasteiger partial charge >= 0.3 is 6.03 Å². The van der Waals surface area contributed by atoms with E-state index in [1.165, 1.54) is 12.0 Å². The minimum absolute atomic E-state index is 0.142. The van der Waals surface area contributed by atoms with Crippen molar-refractivity contribution in [2.24, 2.45) is 0 Å². The number of hydrogen-bond acceptors (Lipinski definition) is 6. The number of urea groups is 1. The van der Waals surface area contributed by atoms with Crippen molar-refractivity contribution in [3.05, 3.63) is 36.1 Å². The predicted molar refractivity (Wildman–Crippen MR) is 99.9 cm³/mol. The van der Waals surface area contributed by atoms with Gasteiger partial charge in [-0.25, -0.2) is 4.79 Å². The molecule has 0 bridgehead atoms. The summed E-state index contributed by atoms with van der Waals surface area (Å²) in [6.07, 6.45) is 0.589. The van der Waals surface area contributed by atoms with Crippen LogP contribution in [0.4, 0.5) is 16.3 Å². The second-order valence-corrected chi connectivity index (χ2v) is 5.77. The van der Waals surface area contributed by atoms with Crippen molar-refractivity contribution in [2.75, 3.05) is 44.5 Å². The third kappa shape index (κ3) is 6.30. The van der Waals surface area contributed by atoms with E-state index in [4.69, 9.17) is 14.0 Å². The third-order valence-corrected chi connectivity index (χ3v) is 3.64. The highest BCUT2D eigenvalue weighted by molar-refractivity contribution is 5.97. The van der Waals surface area contributed by atoms with Crippen molar-refractivity contribution in [2.45, 2.75) is 13.3 Å². The first kappa shape index (κ1) is 20.2. The second-order valence-electron chi connectivity index (χ2n) is 5.77. The Kier molecular flexibility index (Phi) is 7.63. The number of nitrogens with one attached hydrogen (secondary N) is 2. The van der Waals surface area contributed by atoms with Gasteiger partial charge in [0.2, 0.25) is 5.91 Å². The minimum Gasteiger partial charge on any atom is -0.495 e. The fourth-order valence-corrected chi connectivity index (χ4v) is 2.38. The van der Waals surface area contributed by atoms with Crippen molar-refractivity contribution in [1.29, 1.82) is 0 Å². The molecule has 146 valence electrons. The van der Waals surface area contributed by atoms with Crippen LogP contribution in [0.2, 0.25) is 0 Å². The molecule has 2 N–H and O–H groups in total. The molecule has 9 heteroatoms. The van der Waals surface area contributed by atoms with Crippen LogP contribution in [0.5, 0.6) is 5.75 Å². The summed E-state index contributed by atoms with van der Waals surface area (Å²) in [6.45, 7) is 2.40. The van der Waals surface area contributed by atoms with E-state index >= 15 is 0 Å². The Labute approximate surface area is 157 Å². The smallest absolute Gasteiger partial charge is 0.322 e. The number of amides is 3. The van der Waals surface area contributed by atoms with E-state index in [9.17, 15) is 9.59 Å². The van der Waals surface area contributed by atoms with Crippen molar-refractivity contribution in [1.82, 2.24) is 10.1 Å². The molecule has 3 amide bonds. The molecule has 0 spiro atoms. The zero-order valence-electron chi connectivity index (χ0n) is 15.7. The molecule has 1 aromatic carbocycles. The highest BCUT2D eigenvalue weighted by atomic mass is 16.5. The van der Waals surface area contributed by atoms with E-state index in [-0.39, 0.29) is 12.5 Å². The van der Waals surface area contributed by atoms with Crippen molar-refractivity contribution >= 4 is 23.4 Å². The molecule has 0 fully saturated rings. The van der Waals surface area contributed by atoms with Crippen LogP contribution in [0.3, 0.4) is 0 Å². The van der Waals surface area contributed by atoms with Gasteiger partial charge in [-0.1, -0.05) is 17.3 Å². The molecule has 9 nitrogen and oxygen atoms in total. The van der Waals surface area contributed by atoms with Gasteiger partial charge in [0.1, 0.15) is 18.1 Å². The molecule has 0 aliphatic heterocycles. The van der Waals surface area contributed by atoms with Crippen LogP contribution in [0, 0.1) is 6.92 Å². The lowest BCUT2D eigenvalue weighted by molar-refractivity contribution is -0.116. The van der Waals surface area contributed by atoms with E-state index in [2.05, 4.69) is 15.8 Å². The largest absolute Gasteiger partial charge is 0.495 e. The highest BCUT2D eigenvalue weighted by Crippen LogP contribution is 2.23. The van der Waals surface area contributed by atoms with Crippen LogP contribution >= 0.6 is 0 Å². The Hall–Kier alpha value is -3.07. The summed E-state index contributed by atoms with van der Waals surface area (Å²) in [5, 5.41) is 9.08. The van der Waals surface area contributed by atoms with Gasteiger partial charge in [0.05, 0.1) is 12.8 Å². The molecule has 0 saturated carbocycles. The van der Waals surface area contributed by atoms with Gasteiger partial charge in [0, 0.05) is 26.3 Å². The highest BCUT2D eigenvalue weighted by Gasteiger charge is 2.19. The van der Waals surface area contributed by atoms with Gasteiger partial charge in [0.15, 0.2) is 5.82 Å². The number of carbonyl (C=O) groups excluding carboxylic acids is 2. The third-order valence-electron chi connectivity index (χ3n) is 3.64. The lowest BCUT2D eigenvalue weighted by Crippen LogP contribution is -2.41. The maximum Gasteiger partial charge on any atom is 0.322 e. The number of aryl methyl sites for hydroxylation is 1. The first-order chi connectivity index (χ1) is 13.0. The summed E-state index contributed by atoms with van der Waals surface area (Å²) in [4.78, 5) is 26.3. The van der Waals surface area contributed by atoms with Gasteiger partial charge < -0.3 is 29.5 Å². The molecule has 27 heavy (non-hydrogen) atoms. The lowest BCUT2D eigenvalue weighted by Gasteiger charge is -2.23. The van der Waals surface area contributed by atoms with Crippen LogP contribution in [-0.2, 0) is 9.53 Å². The fraction of sp³-hybridized carbons (Fsp3) is 0.389. The number of hydrogen-bond donors (Lipinski definition) is 2. The Balaban J connectivity index is 2.03. The molecule has 1 heterocycles. The topological polar surface area (TPSA) is 106 Å². The van der Waals surface area contributed by atoms with E-state index in [0.717, 1.165) is 0 Å². The minimum atomic E-state index is -0.415. The molecule has 0 saturated heterocycles. The van der Waals surface area contributed by atoms with Crippen molar-refractivity contribution in [3.63, 3.8) is 0 Å². The molecule has 0 radical (unpaired) electrons. The van der Waals surface area contributed by atoms with Crippen molar-refractivity contribution < 1.29 is 23.6 Å². The Bertz CT molecular complexity index is 762. The van der Waals surface area contributed by atoms with Gasteiger partial charge in [-0.05, 0) is 25.5 Å². The Morgan fingerprint density at radius 1 is 1.22 bits per heavy atom. The predicted octanol–water partition coefficient (Wildman–Crippen LogP) is 2.50. The number of rotatable bonds is 9. The Morgan fingerprint density at radius 2 is 2.00 bits per heavy atom. The van der Waals surface area contributed by atoms with Gasteiger partial charge in [-0.2, -0.15) is 0 Å². The number of ether oxygens (including phenoxy) is 2. The van der Waals surface area contributed by atoms with E-state index in [1.54, 1.807) is 44.4 Å². The molecule has 0 aliphatic rings. The normalized spacial score (nSPS) is 10.3. The number of methoxy groups -OCH3 is 2. The SMILES string of the molecule is COCCCN(CC(=O)Nc1cc(C)on1)C(=O)Nc1ccccc1OC. The van der Waals surface area contributed by atoms with Crippen LogP contribution < -0.4 is 15.4 Å². The zero-order valence-corrected chi connectivity index (χ0v) is 15.7. The summed E-state index contributed by atoms with van der Waals surface area (Å²) in [7, 11) is 3.10. The van der Waals surface area contributed by atoms with Gasteiger partial charge in [-0.3, -0.25) is 4.79 Å². The maximum absolute atomic E-state index is 12.7. The molecule has 2 rings (SSSR count). The Morgan fingerprint density at radius 3 is 2.67 bits per heavy atom. The molecule has 0 unspecified atom stereocenters. The number of carbonyl (C=O) groups is 2. The molecule has 1 aromatic heterocycles. The number of benzene rings is 1. The standard InChI is InChI=1S/C18H24N4O5/c1-13-11-16(21-27-13)20-17(23)12-22(9-6-10-25-2)18(24)19-14-7-4-5-8-15(14)26-3/h4-5,7-8,11H,6,9-10,12H2,1-3H3,(H,19,24)(H,20,21,23). The molecule has 0 aliphatic carbocycles. The van der Waals surface area contributed by atoms with Crippen LogP contribution in [0.1, 0.15) is 12.2 Å². The first-order valence-electron chi connectivity index (χ1n) is 8.44. The summed E-state index contributed by atoms with van der Waals surface area (Å²) in [6, 6.07) is 8.24. The van der Waals surface area contributed by atoms with E-state index in [1.807, 2.05) is 0 Å². The fourth-order valence-electron chi connectivity index (χ4n) is 2.38. The first-order valence-corrected chi connectivity index (χ1v) is 8.44. The van der Waals surface area contributed by atoms with Gasteiger partial charge in [0.25, 0.3) is 0 Å². The van der Waals surface area contributed by atoms with Crippen molar-refractivity contribution in [3.8, 4) is 5.75 Å². The summed E-state index contributed by atoms with van der Waals surface area (Å²) in [5.74, 6) is 1.04. The summed E-state index contributed by atoms with van der Waals surface area (Å²) < 4.78 is 15.2. The van der Waals surface area contributed by atoms with E-state index < -0.39 is 6.03 Å². The number of aromatic nitrogens is 1. The molecule has 2 aromatic rings. The quantitative estimate of drug-likeness (QED) is 0.652. The average molecular weight is 376 g/mol. The van der Waals surface area contributed by atoms with Crippen LogP contribution in [0.15, 0.2) is 34.9 Å². The summed E-state index contributed by atoms with van der Waals surface area (Å²) >= 11 is 0. The maximum atomic E-state index is 12.7. The molecular weight excluding hydrogens is 352 g/mol. The summed E-state index contributed by atoms with van der Waals surface area (Å²) in [5.41, 5.74) is 0.522.